The van der Waals surface area contributed by atoms with Crippen LogP contribution < -0.4 is 5.32 Å². The molecule has 0 saturated carbocycles. The van der Waals surface area contributed by atoms with Crippen molar-refractivity contribution < 1.29 is 4.52 Å². The van der Waals surface area contributed by atoms with Gasteiger partial charge in [0, 0.05) is 19.9 Å². The van der Waals surface area contributed by atoms with Gasteiger partial charge in [-0.15, -0.1) is 0 Å². The molecule has 1 aromatic rings. The third-order valence-electron chi connectivity index (χ3n) is 2.37. The van der Waals surface area contributed by atoms with Crippen molar-refractivity contribution in [3.05, 3.63) is 11.7 Å². The SMILES string of the molecule is CCCC(C)CNCCc1noc(C)n1. The van der Waals surface area contributed by atoms with E-state index >= 15 is 0 Å². The Labute approximate surface area is 91.5 Å². The van der Waals surface area contributed by atoms with Gasteiger partial charge in [0.15, 0.2) is 5.82 Å². The molecular formula is C11H21N3O. The van der Waals surface area contributed by atoms with Crippen LogP contribution in [0, 0.1) is 12.8 Å². The first kappa shape index (κ1) is 12.2. The summed E-state index contributed by atoms with van der Waals surface area (Å²) in [5, 5.41) is 7.25. The third-order valence-corrected chi connectivity index (χ3v) is 2.37. The average Bonchev–Trinajstić information content (AvgIpc) is 2.60. The summed E-state index contributed by atoms with van der Waals surface area (Å²) in [6, 6.07) is 0. The molecule has 0 saturated heterocycles. The number of aromatic nitrogens is 2. The van der Waals surface area contributed by atoms with Crippen molar-refractivity contribution >= 4 is 0 Å². The van der Waals surface area contributed by atoms with Gasteiger partial charge < -0.3 is 9.84 Å². The second-order valence-corrected chi connectivity index (χ2v) is 4.08. The lowest BCUT2D eigenvalue weighted by Gasteiger charge is -2.10. The molecule has 0 aromatic carbocycles. The maximum Gasteiger partial charge on any atom is 0.223 e. The van der Waals surface area contributed by atoms with E-state index in [0.29, 0.717) is 5.89 Å². The van der Waals surface area contributed by atoms with Crippen LogP contribution in [0.4, 0.5) is 0 Å². The molecule has 0 aliphatic carbocycles. The molecule has 1 heterocycles. The molecule has 4 heteroatoms. The summed E-state index contributed by atoms with van der Waals surface area (Å²) < 4.78 is 4.89. The van der Waals surface area contributed by atoms with Crippen molar-refractivity contribution in [3.8, 4) is 0 Å². The van der Waals surface area contributed by atoms with Crippen molar-refractivity contribution in [3.63, 3.8) is 0 Å². The van der Waals surface area contributed by atoms with Crippen molar-refractivity contribution in [1.82, 2.24) is 15.5 Å². The number of hydrogen-bond acceptors (Lipinski definition) is 4. The molecule has 0 fully saturated rings. The topological polar surface area (TPSA) is 51.0 Å². The molecule has 0 amide bonds. The summed E-state index contributed by atoms with van der Waals surface area (Å²) >= 11 is 0. The van der Waals surface area contributed by atoms with Crippen molar-refractivity contribution in [2.75, 3.05) is 13.1 Å². The minimum absolute atomic E-state index is 0.643. The highest BCUT2D eigenvalue weighted by Gasteiger charge is 2.02. The number of nitrogens with one attached hydrogen (secondary N) is 1. The smallest absolute Gasteiger partial charge is 0.223 e. The van der Waals surface area contributed by atoms with Gasteiger partial charge in [0.25, 0.3) is 0 Å². The quantitative estimate of drug-likeness (QED) is 0.700. The first-order valence-electron chi connectivity index (χ1n) is 5.72. The van der Waals surface area contributed by atoms with Crippen molar-refractivity contribution in [2.45, 2.75) is 40.0 Å². The predicted molar refractivity (Wildman–Crippen MR) is 59.7 cm³/mol. The Morgan fingerprint density at radius 1 is 1.47 bits per heavy atom. The molecule has 15 heavy (non-hydrogen) atoms. The predicted octanol–water partition coefficient (Wildman–Crippen LogP) is 1.95. The third kappa shape index (κ3) is 4.93. The van der Waals surface area contributed by atoms with Crippen LogP contribution in [0.2, 0.25) is 0 Å². The molecule has 1 aromatic heterocycles. The molecule has 1 N–H and O–H groups in total. The van der Waals surface area contributed by atoms with Gasteiger partial charge >= 0.3 is 0 Å². The van der Waals surface area contributed by atoms with Gasteiger partial charge in [0.2, 0.25) is 5.89 Å². The lowest BCUT2D eigenvalue weighted by molar-refractivity contribution is 0.386. The number of hydrogen-bond donors (Lipinski definition) is 1. The first-order chi connectivity index (χ1) is 7.22. The minimum atomic E-state index is 0.643. The van der Waals surface area contributed by atoms with Gasteiger partial charge in [-0.25, -0.2) is 0 Å². The first-order valence-corrected chi connectivity index (χ1v) is 5.72. The summed E-state index contributed by atoms with van der Waals surface area (Å²) in [4.78, 5) is 4.15. The Bertz CT molecular complexity index is 273. The van der Waals surface area contributed by atoms with Gasteiger partial charge in [-0.3, -0.25) is 0 Å². The summed E-state index contributed by atoms with van der Waals surface area (Å²) in [6.07, 6.45) is 3.39. The van der Waals surface area contributed by atoms with E-state index in [2.05, 4.69) is 29.3 Å². The van der Waals surface area contributed by atoms with E-state index in [-0.39, 0.29) is 0 Å². The van der Waals surface area contributed by atoms with Gasteiger partial charge in [-0.1, -0.05) is 25.4 Å². The molecule has 4 nitrogen and oxygen atoms in total. The van der Waals surface area contributed by atoms with Gasteiger partial charge in [-0.2, -0.15) is 4.98 Å². The Morgan fingerprint density at radius 3 is 2.87 bits per heavy atom. The number of nitrogens with zero attached hydrogens (tertiary/aromatic N) is 2. The molecular weight excluding hydrogens is 190 g/mol. The summed E-state index contributed by atoms with van der Waals surface area (Å²) in [6.45, 7) is 8.30. The Hall–Kier alpha value is -0.900. The zero-order chi connectivity index (χ0) is 11.1. The van der Waals surface area contributed by atoms with E-state index in [4.69, 9.17) is 4.52 Å². The molecule has 0 aliphatic rings. The van der Waals surface area contributed by atoms with Gasteiger partial charge in [0.1, 0.15) is 0 Å². The van der Waals surface area contributed by atoms with Gasteiger partial charge in [0.05, 0.1) is 0 Å². The lowest BCUT2D eigenvalue weighted by atomic mass is 10.1. The van der Waals surface area contributed by atoms with Crippen molar-refractivity contribution in [2.24, 2.45) is 5.92 Å². The number of aryl methyl sites for hydroxylation is 1. The molecule has 0 spiro atoms. The van der Waals surface area contributed by atoms with E-state index in [9.17, 15) is 0 Å². The maximum atomic E-state index is 4.89. The van der Waals surface area contributed by atoms with Crippen LogP contribution in [0.1, 0.15) is 38.4 Å². The van der Waals surface area contributed by atoms with Crippen LogP contribution in [0.5, 0.6) is 0 Å². The second-order valence-electron chi connectivity index (χ2n) is 4.08. The van der Waals surface area contributed by atoms with E-state index in [1.54, 1.807) is 0 Å². The van der Waals surface area contributed by atoms with Crippen LogP contribution in [0.25, 0.3) is 0 Å². The Balaban J connectivity index is 2.06. The van der Waals surface area contributed by atoms with Crippen LogP contribution in [0.3, 0.4) is 0 Å². The fourth-order valence-corrected chi connectivity index (χ4v) is 1.59. The largest absolute Gasteiger partial charge is 0.340 e. The monoisotopic (exact) mass is 211 g/mol. The molecule has 1 atom stereocenters. The Morgan fingerprint density at radius 2 is 2.27 bits per heavy atom. The van der Waals surface area contributed by atoms with E-state index in [1.807, 2.05) is 6.92 Å². The minimum Gasteiger partial charge on any atom is -0.340 e. The zero-order valence-corrected chi connectivity index (χ0v) is 9.92. The highest BCUT2D eigenvalue weighted by Crippen LogP contribution is 2.02. The fourth-order valence-electron chi connectivity index (χ4n) is 1.59. The molecule has 86 valence electrons. The molecule has 1 rings (SSSR count). The van der Waals surface area contributed by atoms with Crippen LogP contribution in [-0.4, -0.2) is 23.2 Å². The van der Waals surface area contributed by atoms with Crippen LogP contribution in [0.15, 0.2) is 4.52 Å². The van der Waals surface area contributed by atoms with Crippen LogP contribution in [-0.2, 0) is 6.42 Å². The zero-order valence-electron chi connectivity index (χ0n) is 9.92. The normalized spacial score (nSPS) is 13.0. The van der Waals surface area contributed by atoms with E-state index in [1.165, 1.54) is 12.8 Å². The molecule has 0 bridgehead atoms. The summed E-state index contributed by atoms with van der Waals surface area (Å²) in [5.41, 5.74) is 0. The summed E-state index contributed by atoms with van der Waals surface area (Å²) in [5.74, 6) is 2.19. The fraction of sp³-hybridized carbons (Fsp3) is 0.818. The van der Waals surface area contributed by atoms with Crippen molar-refractivity contribution in [1.29, 1.82) is 0 Å². The molecule has 0 aliphatic heterocycles. The van der Waals surface area contributed by atoms with E-state index < -0.39 is 0 Å². The molecule has 0 radical (unpaired) electrons. The highest BCUT2D eigenvalue weighted by molar-refractivity contribution is 4.84. The maximum absolute atomic E-state index is 4.89. The lowest BCUT2D eigenvalue weighted by Crippen LogP contribution is -2.23. The standard InChI is InChI=1S/C11H21N3O/c1-4-5-9(2)8-12-7-6-11-13-10(3)15-14-11/h9,12H,4-8H2,1-3H3. The number of rotatable bonds is 7. The second kappa shape index (κ2) is 6.56. The molecule has 1 unspecified atom stereocenters. The van der Waals surface area contributed by atoms with Gasteiger partial charge in [-0.05, 0) is 18.9 Å². The van der Waals surface area contributed by atoms with E-state index in [0.717, 1.165) is 31.3 Å². The highest BCUT2D eigenvalue weighted by atomic mass is 16.5. The Kier molecular flexibility index (Phi) is 5.32. The van der Waals surface area contributed by atoms with Crippen LogP contribution >= 0.6 is 0 Å². The average molecular weight is 211 g/mol. The summed E-state index contributed by atoms with van der Waals surface area (Å²) in [7, 11) is 0.